The number of primary amides is 1. The summed E-state index contributed by atoms with van der Waals surface area (Å²) in [6.07, 6.45) is 5.02. The largest absolute Gasteiger partial charge is 0.380 e. The van der Waals surface area contributed by atoms with E-state index in [1.165, 1.54) is 12.8 Å². The Hall–Kier alpha value is -2.14. The number of hydrogen-bond acceptors (Lipinski definition) is 4. The van der Waals surface area contributed by atoms with Crippen LogP contribution >= 0.6 is 0 Å². The molecule has 1 aromatic carbocycles. The normalized spacial score (nSPS) is 19.1. The van der Waals surface area contributed by atoms with E-state index < -0.39 is 5.91 Å². The maximum atomic E-state index is 11.7. The molecular weight excluding hydrogens is 264 g/mol. The Morgan fingerprint density at radius 1 is 1.33 bits per heavy atom. The van der Waals surface area contributed by atoms with Gasteiger partial charge in [0.25, 0.3) is 5.91 Å². The average molecular weight is 284 g/mol. The van der Waals surface area contributed by atoms with Crippen molar-refractivity contribution >= 4 is 22.5 Å². The fourth-order valence-corrected chi connectivity index (χ4v) is 2.83. The van der Waals surface area contributed by atoms with Crippen LogP contribution in [0.4, 0.5) is 5.69 Å². The molecule has 1 fully saturated rings. The van der Waals surface area contributed by atoms with Crippen molar-refractivity contribution in [1.29, 1.82) is 0 Å². The second-order valence-corrected chi connectivity index (χ2v) is 5.47. The highest BCUT2D eigenvalue weighted by Gasteiger charge is 2.17. The van der Waals surface area contributed by atoms with E-state index in [-0.39, 0.29) is 0 Å². The zero-order valence-corrected chi connectivity index (χ0v) is 11.9. The molecule has 2 heterocycles. The van der Waals surface area contributed by atoms with Crippen LogP contribution in [0.2, 0.25) is 0 Å². The highest BCUT2D eigenvalue weighted by molar-refractivity contribution is 6.06. The predicted octanol–water partition coefficient (Wildman–Crippen LogP) is 1.89. The number of nitrogens with zero attached hydrogens (tertiary/aromatic N) is 1. The number of benzene rings is 1. The van der Waals surface area contributed by atoms with Gasteiger partial charge in [0, 0.05) is 24.2 Å². The lowest BCUT2D eigenvalue weighted by atomic mass is 10.1. The monoisotopic (exact) mass is 284 g/mol. The molecule has 2 aromatic rings. The molecule has 5 nitrogen and oxygen atoms in total. The van der Waals surface area contributed by atoms with Gasteiger partial charge in [0.2, 0.25) is 0 Å². The molecule has 0 radical (unpaired) electrons. The van der Waals surface area contributed by atoms with Crippen molar-refractivity contribution in [2.45, 2.75) is 25.3 Å². The summed E-state index contributed by atoms with van der Waals surface area (Å²) in [5, 5.41) is 7.87. The lowest BCUT2D eigenvalue weighted by molar-refractivity contribution is 0.100. The number of nitrogens with one attached hydrogen (secondary N) is 2. The van der Waals surface area contributed by atoms with Crippen LogP contribution in [-0.2, 0) is 0 Å². The van der Waals surface area contributed by atoms with Gasteiger partial charge in [-0.25, -0.2) is 0 Å². The Kier molecular flexibility index (Phi) is 4.01. The minimum absolute atomic E-state index is 0.302. The molecule has 0 bridgehead atoms. The SMILES string of the molecule is NC(=O)c1cnc2ccccc2c1NC1CCCCNC1. The molecule has 1 aliphatic heterocycles. The number of fused-ring (bicyclic) bond motifs is 1. The van der Waals surface area contributed by atoms with E-state index in [1.807, 2.05) is 24.3 Å². The predicted molar refractivity (Wildman–Crippen MR) is 84.4 cm³/mol. The minimum atomic E-state index is -0.447. The van der Waals surface area contributed by atoms with Crippen LogP contribution in [0.25, 0.3) is 10.9 Å². The summed E-state index contributed by atoms with van der Waals surface area (Å²) in [5.74, 6) is -0.447. The Labute approximate surface area is 123 Å². The van der Waals surface area contributed by atoms with Crippen molar-refractivity contribution in [1.82, 2.24) is 10.3 Å². The molecule has 5 heteroatoms. The summed E-state index contributed by atoms with van der Waals surface area (Å²) in [4.78, 5) is 16.0. The molecule has 3 rings (SSSR count). The summed E-state index contributed by atoms with van der Waals surface area (Å²) < 4.78 is 0. The second-order valence-electron chi connectivity index (χ2n) is 5.47. The number of nitrogens with two attached hydrogens (primary N) is 1. The third kappa shape index (κ3) is 2.97. The van der Waals surface area contributed by atoms with E-state index in [4.69, 9.17) is 5.73 Å². The van der Waals surface area contributed by atoms with Crippen molar-refractivity contribution < 1.29 is 4.79 Å². The van der Waals surface area contributed by atoms with E-state index in [1.54, 1.807) is 6.20 Å². The fourth-order valence-electron chi connectivity index (χ4n) is 2.83. The molecule has 110 valence electrons. The number of aromatic nitrogens is 1. The van der Waals surface area contributed by atoms with Gasteiger partial charge in [-0.15, -0.1) is 0 Å². The van der Waals surface area contributed by atoms with Gasteiger partial charge < -0.3 is 16.4 Å². The number of hydrogen-bond donors (Lipinski definition) is 3. The van der Waals surface area contributed by atoms with Crippen molar-refractivity contribution in [2.24, 2.45) is 5.73 Å². The van der Waals surface area contributed by atoms with E-state index in [9.17, 15) is 4.79 Å². The fraction of sp³-hybridized carbons (Fsp3) is 0.375. The standard InChI is InChI=1S/C16H20N4O/c17-16(21)13-10-19-14-7-2-1-6-12(14)15(13)20-11-5-3-4-8-18-9-11/h1-2,6-7,10-11,18H,3-5,8-9H2,(H2,17,21)(H,19,20). The van der Waals surface area contributed by atoms with Crippen LogP contribution in [-0.4, -0.2) is 30.0 Å². The zero-order valence-electron chi connectivity index (χ0n) is 11.9. The molecule has 21 heavy (non-hydrogen) atoms. The minimum Gasteiger partial charge on any atom is -0.380 e. The first-order chi connectivity index (χ1) is 10.3. The molecule has 1 aromatic heterocycles. The van der Waals surface area contributed by atoms with Crippen molar-refractivity contribution in [3.8, 4) is 0 Å². The number of para-hydroxylation sites is 1. The van der Waals surface area contributed by atoms with Crippen molar-refractivity contribution in [3.63, 3.8) is 0 Å². The smallest absolute Gasteiger partial charge is 0.252 e. The van der Waals surface area contributed by atoms with Gasteiger partial charge in [0.1, 0.15) is 0 Å². The lowest BCUT2D eigenvalue weighted by Gasteiger charge is -2.20. The molecule has 1 unspecified atom stereocenters. The summed E-state index contributed by atoms with van der Waals surface area (Å²) in [6.45, 7) is 1.95. The molecule has 4 N–H and O–H groups in total. The molecule has 0 saturated carbocycles. The zero-order chi connectivity index (χ0) is 14.7. The summed E-state index contributed by atoms with van der Waals surface area (Å²) in [7, 11) is 0. The molecular formula is C16H20N4O. The second kappa shape index (κ2) is 6.10. The number of anilines is 1. The van der Waals surface area contributed by atoms with Gasteiger partial charge in [0.15, 0.2) is 0 Å². The number of carbonyl (C=O) groups excluding carboxylic acids is 1. The number of rotatable bonds is 3. The molecule has 1 amide bonds. The van der Waals surface area contributed by atoms with Gasteiger partial charge in [-0.2, -0.15) is 0 Å². The maximum Gasteiger partial charge on any atom is 0.252 e. The summed E-state index contributed by atoms with van der Waals surface area (Å²) in [6, 6.07) is 8.11. The maximum absolute atomic E-state index is 11.7. The van der Waals surface area contributed by atoms with Gasteiger partial charge in [-0.1, -0.05) is 24.6 Å². The first kappa shape index (κ1) is 13.8. The Morgan fingerprint density at radius 3 is 3.05 bits per heavy atom. The molecule has 0 aliphatic carbocycles. The number of pyridine rings is 1. The third-order valence-electron chi connectivity index (χ3n) is 3.94. The quantitative estimate of drug-likeness (QED) is 0.804. The lowest BCUT2D eigenvalue weighted by Crippen LogP contribution is -2.32. The van der Waals surface area contributed by atoms with E-state index in [2.05, 4.69) is 15.6 Å². The number of amides is 1. The van der Waals surface area contributed by atoms with Gasteiger partial charge in [-0.05, 0) is 25.5 Å². The van der Waals surface area contributed by atoms with E-state index >= 15 is 0 Å². The van der Waals surface area contributed by atoms with Crippen molar-refractivity contribution in [3.05, 3.63) is 36.0 Å². The van der Waals surface area contributed by atoms with Gasteiger partial charge >= 0.3 is 0 Å². The third-order valence-corrected chi connectivity index (χ3v) is 3.94. The molecule has 1 aliphatic rings. The van der Waals surface area contributed by atoms with Crippen LogP contribution < -0.4 is 16.4 Å². The van der Waals surface area contributed by atoms with Crippen LogP contribution in [0.1, 0.15) is 29.6 Å². The van der Waals surface area contributed by atoms with Crippen molar-refractivity contribution in [2.75, 3.05) is 18.4 Å². The Balaban J connectivity index is 2.01. The van der Waals surface area contributed by atoms with Gasteiger partial charge in [-0.3, -0.25) is 9.78 Å². The topological polar surface area (TPSA) is 80.0 Å². The Bertz CT molecular complexity index is 648. The first-order valence-corrected chi connectivity index (χ1v) is 7.40. The van der Waals surface area contributed by atoms with Crippen LogP contribution in [0, 0.1) is 0 Å². The van der Waals surface area contributed by atoms with Crippen LogP contribution in [0.5, 0.6) is 0 Å². The first-order valence-electron chi connectivity index (χ1n) is 7.40. The van der Waals surface area contributed by atoms with Crippen LogP contribution in [0.3, 0.4) is 0 Å². The van der Waals surface area contributed by atoms with E-state index in [0.717, 1.165) is 36.1 Å². The number of carbonyl (C=O) groups is 1. The van der Waals surface area contributed by atoms with Gasteiger partial charge in [0.05, 0.1) is 16.8 Å². The molecule has 1 saturated heterocycles. The summed E-state index contributed by atoms with van der Waals surface area (Å²) in [5.41, 5.74) is 7.64. The Morgan fingerprint density at radius 2 is 2.19 bits per heavy atom. The summed E-state index contributed by atoms with van der Waals surface area (Å²) >= 11 is 0. The molecule has 1 atom stereocenters. The molecule has 0 spiro atoms. The highest BCUT2D eigenvalue weighted by atomic mass is 16.1. The average Bonchev–Trinajstić information content (AvgIpc) is 2.76. The van der Waals surface area contributed by atoms with E-state index in [0.29, 0.717) is 11.6 Å². The highest BCUT2D eigenvalue weighted by Crippen LogP contribution is 2.27. The van der Waals surface area contributed by atoms with Crippen LogP contribution in [0.15, 0.2) is 30.5 Å².